The number of benzene rings is 1. The van der Waals surface area contributed by atoms with E-state index in [1.165, 1.54) is 39.4 Å². The van der Waals surface area contributed by atoms with Gasteiger partial charge < -0.3 is 0 Å². The molecule has 2 heterocycles. The van der Waals surface area contributed by atoms with Gasteiger partial charge in [0.05, 0.1) is 16.8 Å². The lowest BCUT2D eigenvalue weighted by atomic mass is 9.94. The van der Waals surface area contributed by atoms with Gasteiger partial charge in [-0.25, -0.2) is 16.8 Å². The number of rotatable bonds is 5. The molecule has 1 fully saturated rings. The monoisotopic (exact) mass is 426 g/mol. The van der Waals surface area contributed by atoms with E-state index in [0.717, 1.165) is 6.42 Å². The van der Waals surface area contributed by atoms with E-state index in [0.29, 0.717) is 36.3 Å². The molecule has 1 saturated heterocycles. The fraction of sp³-hybridized carbons (Fsp3) is 0.500. The summed E-state index contributed by atoms with van der Waals surface area (Å²) in [5.41, 5.74) is 0.808. The van der Waals surface area contributed by atoms with E-state index in [1.807, 2.05) is 0 Å². The van der Waals surface area contributed by atoms with Gasteiger partial charge in [-0.3, -0.25) is 9.40 Å². The number of sulfonamides is 2. The normalized spacial score (nSPS) is 21.6. The van der Waals surface area contributed by atoms with Crippen molar-refractivity contribution in [2.45, 2.75) is 37.0 Å². The lowest BCUT2D eigenvalue weighted by Gasteiger charge is -2.34. The number of piperidine rings is 1. The van der Waals surface area contributed by atoms with Crippen molar-refractivity contribution in [3.8, 4) is 0 Å². The first-order chi connectivity index (χ1) is 13.0. The first kappa shape index (κ1) is 20.8. The van der Waals surface area contributed by atoms with E-state index in [2.05, 4.69) is 23.7 Å². The van der Waals surface area contributed by atoms with Crippen molar-refractivity contribution in [3.05, 3.63) is 36.2 Å². The van der Waals surface area contributed by atoms with Gasteiger partial charge in [-0.1, -0.05) is 13.8 Å². The molecule has 0 radical (unpaired) electrons. The smallest absolute Gasteiger partial charge is 0.265 e. The molecule has 154 valence electrons. The van der Waals surface area contributed by atoms with Crippen molar-refractivity contribution in [1.29, 1.82) is 0 Å². The molecule has 10 heteroatoms. The summed E-state index contributed by atoms with van der Waals surface area (Å²) in [7, 11) is -5.74. The molecule has 1 aromatic carbocycles. The van der Waals surface area contributed by atoms with Crippen LogP contribution in [0.25, 0.3) is 0 Å². The van der Waals surface area contributed by atoms with Gasteiger partial charge in [-0.15, -0.1) is 0 Å². The summed E-state index contributed by atoms with van der Waals surface area (Å²) in [6.07, 6.45) is 2.30. The Morgan fingerprint density at radius 3 is 2.11 bits per heavy atom. The summed E-state index contributed by atoms with van der Waals surface area (Å²) in [5.74, 6) is 0.625. The van der Waals surface area contributed by atoms with Gasteiger partial charge in [0, 0.05) is 25.8 Å². The van der Waals surface area contributed by atoms with Crippen LogP contribution in [0.4, 0.5) is 5.69 Å². The lowest BCUT2D eigenvalue weighted by molar-refractivity contribution is 0.222. The lowest BCUT2D eigenvalue weighted by Crippen LogP contribution is -2.42. The zero-order valence-electron chi connectivity index (χ0n) is 16.5. The first-order valence-electron chi connectivity index (χ1n) is 9.12. The Balaban J connectivity index is 1.81. The van der Waals surface area contributed by atoms with Crippen LogP contribution < -0.4 is 4.72 Å². The van der Waals surface area contributed by atoms with Crippen LogP contribution in [0.15, 0.2) is 40.3 Å². The van der Waals surface area contributed by atoms with Crippen LogP contribution in [0.5, 0.6) is 0 Å². The second-order valence-electron chi connectivity index (χ2n) is 7.62. The third-order valence-electron chi connectivity index (χ3n) is 5.06. The zero-order valence-corrected chi connectivity index (χ0v) is 18.1. The van der Waals surface area contributed by atoms with Gasteiger partial charge >= 0.3 is 0 Å². The molecule has 3 rings (SSSR count). The zero-order chi connectivity index (χ0) is 20.7. The van der Waals surface area contributed by atoms with Gasteiger partial charge in [0.25, 0.3) is 10.0 Å². The van der Waals surface area contributed by atoms with Gasteiger partial charge in [0.15, 0.2) is 0 Å². The van der Waals surface area contributed by atoms with Crippen LogP contribution in [-0.4, -0.2) is 44.0 Å². The fourth-order valence-corrected chi connectivity index (χ4v) is 6.54. The second kappa shape index (κ2) is 7.49. The SMILES string of the molecule is Cc1c(S(=O)(=O)Nc2ccc(S(=O)(=O)N3CC(C)CC(C)C3)cc2)cnn1C. The quantitative estimate of drug-likeness (QED) is 0.790. The Hall–Kier alpha value is -1.91. The maximum Gasteiger partial charge on any atom is 0.265 e. The van der Waals surface area contributed by atoms with E-state index in [9.17, 15) is 16.8 Å². The number of aryl methyl sites for hydroxylation is 1. The molecule has 8 nitrogen and oxygen atoms in total. The highest BCUT2D eigenvalue weighted by atomic mass is 32.2. The predicted octanol–water partition coefficient (Wildman–Crippen LogP) is 2.20. The Labute approximate surface area is 166 Å². The van der Waals surface area contributed by atoms with Crippen LogP contribution in [0.1, 0.15) is 26.0 Å². The summed E-state index contributed by atoms with van der Waals surface area (Å²) >= 11 is 0. The Morgan fingerprint density at radius 2 is 1.61 bits per heavy atom. The number of hydrogen-bond donors (Lipinski definition) is 1. The van der Waals surface area contributed by atoms with Gasteiger partial charge in [-0.2, -0.15) is 9.40 Å². The van der Waals surface area contributed by atoms with Crippen LogP contribution in [0.3, 0.4) is 0 Å². The van der Waals surface area contributed by atoms with Crippen molar-refractivity contribution in [2.75, 3.05) is 17.8 Å². The van der Waals surface area contributed by atoms with Gasteiger partial charge in [-0.05, 0) is 49.4 Å². The number of aromatic nitrogens is 2. The summed E-state index contributed by atoms with van der Waals surface area (Å²) in [5, 5.41) is 3.95. The molecule has 0 spiro atoms. The highest BCUT2D eigenvalue weighted by Gasteiger charge is 2.31. The van der Waals surface area contributed by atoms with Gasteiger partial charge in [0.2, 0.25) is 10.0 Å². The van der Waals surface area contributed by atoms with Crippen molar-refractivity contribution in [1.82, 2.24) is 14.1 Å². The van der Waals surface area contributed by atoms with E-state index >= 15 is 0 Å². The third kappa shape index (κ3) is 4.08. The van der Waals surface area contributed by atoms with Crippen LogP contribution >= 0.6 is 0 Å². The minimum atomic E-state index is -3.80. The number of hydrogen-bond acceptors (Lipinski definition) is 5. The molecule has 1 aromatic heterocycles. The number of anilines is 1. The topological polar surface area (TPSA) is 101 Å². The molecule has 0 aliphatic carbocycles. The average Bonchev–Trinajstić information content (AvgIpc) is 2.94. The maximum atomic E-state index is 12.9. The molecule has 1 N–H and O–H groups in total. The molecule has 2 unspecified atom stereocenters. The number of nitrogens with zero attached hydrogens (tertiary/aromatic N) is 3. The Kier molecular flexibility index (Phi) is 5.57. The molecule has 0 saturated carbocycles. The van der Waals surface area contributed by atoms with Crippen molar-refractivity contribution in [3.63, 3.8) is 0 Å². The van der Waals surface area contributed by atoms with Crippen molar-refractivity contribution < 1.29 is 16.8 Å². The molecule has 28 heavy (non-hydrogen) atoms. The fourth-order valence-electron chi connectivity index (χ4n) is 3.60. The van der Waals surface area contributed by atoms with Crippen LogP contribution in [0.2, 0.25) is 0 Å². The summed E-state index contributed by atoms with van der Waals surface area (Å²) in [6.45, 7) is 6.77. The summed E-state index contributed by atoms with van der Waals surface area (Å²) < 4.78 is 56.4. The minimum Gasteiger partial charge on any atom is -0.280 e. The van der Waals surface area contributed by atoms with Gasteiger partial charge in [0.1, 0.15) is 4.90 Å². The second-order valence-corrected chi connectivity index (χ2v) is 11.2. The molecule has 2 aromatic rings. The van der Waals surface area contributed by atoms with E-state index in [1.54, 1.807) is 14.0 Å². The van der Waals surface area contributed by atoms with Crippen molar-refractivity contribution in [2.24, 2.45) is 18.9 Å². The summed E-state index contributed by atoms with van der Waals surface area (Å²) in [4.78, 5) is 0.247. The molecular weight excluding hydrogens is 400 g/mol. The summed E-state index contributed by atoms with van der Waals surface area (Å²) in [6, 6.07) is 5.81. The average molecular weight is 427 g/mol. The molecule has 1 aliphatic heterocycles. The van der Waals surface area contributed by atoms with E-state index in [-0.39, 0.29) is 9.79 Å². The van der Waals surface area contributed by atoms with Crippen LogP contribution in [-0.2, 0) is 27.1 Å². The Bertz CT molecular complexity index is 1050. The Morgan fingerprint density at radius 1 is 1.04 bits per heavy atom. The standard InChI is InChI=1S/C18H26N4O4S2/c1-13-9-14(2)12-22(11-13)28(25,26)17-7-5-16(6-8-17)20-27(23,24)18-10-19-21(4)15(18)3/h5-8,10,13-14,20H,9,11-12H2,1-4H3. The minimum absolute atomic E-state index is 0.0861. The molecule has 0 amide bonds. The van der Waals surface area contributed by atoms with E-state index < -0.39 is 20.0 Å². The van der Waals surface area contributed by atoms with Crippen LogP contribution in [0, 0.1) is 18.8 Å². The van der Waals surface area contributed by atoms with E-state index in [4.69, 9.17) is 0 Å². The highest BCUT2D eigenvalue weighted by molar-refractivity contribution is 7.92. The third-order valence-corrected chi connectivity index (χ3v) is 8.39. The molecule has 1 aliphatic rings. The molecule has 2 atom stereocenters. The predicted molar refractivity (Wildman–Crippen MR) is 107 cm³/mol. The molecular formula is C18H26N4O4S2. The first-order valence-corrected chi connectivity index (χ1v) is 12.0. The molecule has 0 bridgehead atoms. The number of nitrogens with one attached hydrogen (secondary N) is 1. The highest BCUT2D eigenvalue weighted by Crippen LogP contribution is 2.27. The maximum absolute atomic E-state index is 12.9. The van der Waals surface area contributed by atoms with Crippen molar-refractivity contribution >= 4 is 25.7 Å². The largest absolute Gasteiger partial charge is 0.280 e.